The lowest BCUT2D eigenvalue weighted by Crippen LogP contribution is -2.42. The van der Waals surface area contributed by atoms with Crippen molar-refractivity contribution >= 4 is 52.2 Å². The van der Waals surface area contributed by atoms with Crippen molar-refractivity contribution in [1.29, 1.82) is 0 Å². The summed E-state index contributed by atoms with van der Waals surface area (Å²) in [5, 5.41) is 9.61. The van der Waals surface area contributed by atoms with Crippen molar-refractivity contribution in [1.82, 2.24) is 10.6 Å². The molecular formula is C18H20Cl2FN3O2S. The van der Waals surface area contributed by atoms with Gasteiger partial charge in [-0.2, -0.15) is 0 Å². The maximum absolute atomic E-state index is 13.1. The number of hydrogen-bond acceptors (Lipinski definition) is 4. The molecule has 1 aromatic heterocycles. The van der Waals surface area contributed by atoms with Crippen LogP contribution in [0.4, 0.5) is 9.39 Å². The lowest BCUT2D eigenvalue weighted by atomic mass is 10.1. The third-order valence-electron chi connectivity index (χ3n) is 4.21. The van der Waals surface area contributed by atoms with Crippen LogP contribution in [0, 0.1) is 12.7 Å². The average Bonchev–Trinajstić information content (AvgIpc) is 2.96. The first kappa shape index (κ1) is 21.6. The topological polar surface area (TPSA) is 70.2 Å². The molecule has 0 radical (unpaired) electrons. The van der Waals surface area contributed by atoms with Gasteiger partial charge in [-0.05, 0) is 62.7 Å². The summed E-state index contributed by atoms with van der Waals surface area (Å²) in [6, 6.07) is 5.52. The number of rotatable bonds is 4. The van der Waals surface area contributed by atoms with Crippen LogP contribution < -0.4 is 16.0 Å². The number of anilines is 1. The monoisotopic (exact) mass is 431 g/mol. The molecule has 1 aliphatic rings. The summed E-state index contributed by atoms with van der Waals surface area (Å²) in [4.78, 5) is 25.4. The fraction of sp³-hybridized carbons (Fsp3) is 0.333. The predicted molar refractivity (Wildman–Crippen MR) is 109 cm³/mol. The van der Waals surface area contributed by atoms with Crippen LogP contribution in [0.5, 0.6) is 0 Å². The Hall–Kier alpha value is -1.67. The van der Waals surface area contributed by atoms with E-state index in [0.29, 0.717) is 9.88 Å². The molecule has 9 heteroatoms. The van der Waals surface area contributed by atoms with Crippen LogP contribution in [-0.2, 0) is 0 Å². The van der Waals surface area contributed by atoms with E-state index < -0.39 is 11.7 Å². The van der Waals surface area contributed by atoms with E-state index in [2.05, 4.69) is 16.0 Å². The van der Waals surface area contributed by atoms with Gasteiger partial charge >= 0.3 is 0 Å². The first-order valence-corrected chi connectivity index (χ1v) is 9.52. The van der Waals surface area contributed by atoms with Gasteiger partial charge in [-0.3, -0.25) is 9.59 Å². The summed E-state index contributed by atoms with van der Waals surface area (Å²) in [5.41, 5.74) is 0.974. The summed E-state index contributed by atoms with van der Waals surface area (Å²) in [5.74, 6) is -1.07. The van der Waals surface area contributed by atoms with E-state index in [1.807, 2.05) is 6.92 Å². The van der Waals surface area contributed by atoms with Gasteiger partial charge in [-0.1, -0.05) is 11.6 Å². The summed E-state index contributed by atoms with van der Waals surface area (Å²) in [6.45, 7) is 3.62. The van der Waals surface area contributed by atoms with E-state index in [-0.39, 0.29) is 34.9 Å². The van der Waals surface area contributed by atoms with Crippen molar-refractivity contribution in [3.05, 3.63) is 51.1 Å². The van der Waals surface area contributed by atoms with Crippen LogP contribution in [0.25, 0.3) is 0 Å². The molecule has 146 valence electrons. The maximum atomic E-state index is 13.1. The molecule has 2 amide bonds. The van der Waals surface area contributed by atoms with Gasteiger partial charge < -0.3 is 16.0 Å². The van der Waals surface area contributed by atoms with Crippen LogP contribution >= 0.6 is 35.3 Å². The molecule has 27 heavy (non-hydrogen) atoms. The van der Waals surface area contributed by atoms with Gasteiger partial charge in [-0.25, -0.2) is 4.39 Å². The molecule has 5 nitrogen and oxygen atoms in total. The first-order chi connectivity index (χ1) is 12.4. The van der Waals surface area contributed by atoms with E-state index in [1.54, 1.807) is 6.07 Å². The highest BCUT2D eigenvalue weighted by Crippen LogP contribution is 2.28. The molecule has 2 aromatic rings. The molecule has 0 spiro atoms. The second-order valence-electron chi connectivity index (χ2n) is 6.20. The lowest BCUT2D eigenvalue weighted by Gasteiger charge is -2.23. The Morgan fingerprint density at radius 1 is 1.22 bits per heavy atom. The van der Waals surface area contributed by atoms with Crippen LogP contribution in [0.15, 0.2) is 24.3 Å². The highest BCUT2D eigenvalue weighted by molar-refractivity contribution is 7.18. The molecule has 0 atom stereocenters. The molecule has 0 saturated carbocycles. The van der Waals surface area contributed by atoms with E-state index in [0.717, 1.165) is 37.6 Å². The molecule has 1 fully saturated rings. The number of aryl methyl sites for hydroxylation is 1. The van der Waals surface area contributed by atoms with Crippen LogP contribution in [-0.4, -0.2) is 30.9 Å². The Morgan fingerprint density at radius 3 is 2.59 bits per heavy atom. The number of hydrogen-bond donors (Lipinski definition) is 3. The average molecular weight is 432 g/mol. The van der Waals surface area contributed by atoms with Gasteiger partial charge in [0.1, 0.15) is 5.82 Å². The second kappa shape index (κ2) is 9.50. The van der Waals surface area contributed by atoms with Crippen molar-refractivity contribution in [2.75, 3.05) is 18.4 Å². The standard InChI is InChI=1S/C18H19ClFN3O2S.ClH/c1-10-8-15(23-17(24)13-3-2-11(20)9-14(13)19)26-16(10)18(25)22-12-4-6-21-7-5-12;/h2-3,8-9,12,21H,4-7H2,1H3,(H,22,25)(H,23,24);1H. The third-order valence-corrected chi connectivity index (χ3v) is 5.67. The summed E-state index contributed by atoms with van der Waals surface area (Å²) in [6.07, 6.45) is 1.81. The van der Waals surface area contributed by atoms with Gasteiger partial charge in [0.2, 0.25) is 0 Å². The minimum Gasteiger partial charge on any atom is -0.349 e. The maximum Gasteiger partial charge on any atom is 0.261 e. The third kappa shape index (κ3) is 5.42. The highest BCUT2D eigenvalue weighted by atomic mass is 35.5. The van der Waals surface area contributed by atoms with Gasteiger partial charge in [0.15, 0.2) is 0 Å². The largest absolute Gasteiger partial charge is 0.349 e. The number of carbonyl (C=O) groups is 2. The molecule has 0 unspecified atom stereocenters. The zero-order chi connectivity index (χ0) is 18.7. The Morgan fingerprint density at radius 2 is 1.93 bits per heavy atom. The predicted octanol–water partition coefficient (Wildman–Crippen LogP) is 4.00. The minimum atomic E-state index is -0.504. The fourth-order valence-electron chi connectivity index (χ4n) is 2.84. The van der Waals surface area contributed by atoms with Crippen LogP contribution in [0.1, 0.15) is 38.4 Å². The molecule has 3 rings (SSSR count). The summed E-state index contributed by atoms with van der Waals surface area (Å²) in [7, 11) is 0. The second-order valence-corrected chi connectivity index (χ2v) is 7.66. The smallest absolute Gasteiger partial charge is 0.261 e. The molecule has 3 N–H and O–H groups in total. The van der Waals surface area contributed by atoms with Gasteiger partial charge in [0.05, 0.1) is 20.5 Å². The van der Waals surface area contributed by atoms with E-state index >= 15 is 0 Å². The first-order valence-electron chi connectivity index (χ1n) is 8.32. The molecule has 1 aromatic carbocycles. The Kier molecular flexibility index (Phi) is 7.61. The lowest BCUT2D eigenvalue weighted by molar-refractivity contribution is 0.0932. The van der Waals surface area contributed by atoms with Crippen molar-refractivity contribution < 1.29 is 14.0 Å². The summed E-state index contributed by atoms with van der Waals surface area (Å²) < 4.78 is 13.1. The van der Waals surface area contributed by atoms with Crippen molar-refractivity contribution in [2.45, 2.75) is 25.8 Å². The number of piperidine rings is 1. The number of thiophene rings is 1. The number of halogens is 3. The van der Waals surface area contributed by atoms with Crippen LogP contribution in [0.2, 0.25) is 5.02 Å². The van der Waals surface area contributed by atoms with Crippen molar-refractivity contribution in [3.63, 3.8) is 0 Å². The number of benzene rings is 1. The van der Waals surface area contributed by atoms with Gasteiger partial charge in [-0.15, -0.1) is 23.7 Å². The number of nitrogens with one attached hydrogen (secondary N) is 3. The quantitative estimate of drug-likeness (QED) is 0.684. The van der Waals surface area contributed by atoms with E-state index in [1.165, 1.54) is 23.5 Å². The van der Waals surface area contributed by atoms with Gasteiger partial charge in [0.25, 0.3) is 11.8 Å². The Balaban J connectivity index is 0.00000261. The molecule has 1 saturated heterocycles. The number of carbonyl (C=O) groups excluding carboxylic acids is 2. The van der Waals surface area contributed by atoms with Gasteiger partial charge in [0, 0.05) is 6.04 Å². The molecule has 0 aliphatic carbocycles. The normalized spacial score (nSPS) is 14.3. The molecule has 2 heterocycles. The minimum absolute atomic E-state index is 0. The van der Waals surface area contributed by atoms with Crippen molar-refractivity contribution in [2.24, 2.45) is 0 Å². The fourth-order valence-corrected chi connectivity index (χ4v) is 4.06. The van der Waals surface area contributed by atoms with Crippen LogP contribution in [0.3, 0.4) is 0 Å². The highest BCUT2D eigenvalue weighted by Gasteiger charge is 2.20. The number of amides is 2. The Labute approximate surface area is 172 Å². The van der Waals surface area contributed by atoms with E-state index in [4.69, 9.17) is 11.6 Å². The molecular weight excluding hydrogens is 412 g/mol. The van der Waals surface area contributed by atoms with E-state index in [9.17, 15) is 14.0 Å². The van der Waals surface area contributed by atoms with Crippen molar-refractivity contribution in [3.8, 4) is 0 Å². The molecule has 0 bridgehead atoms. The SMILES string of the molecule is Cc1cc(NC(=O)c2ccc(F)cc2Cl)sc1C(=O)NC1CCNCC1.Cl. The Bertz CT molecular complexity index is 838. The zero-order valence-electron chi connectivity index (χ0n) is 14.6. The molecule has 1 aliphatic heterocycles. The zero-order valence-corrected chi connectivity index (χ0v) is 17.0. The summed E-state index contributed by atoms with van der Waals surface area (Å²) >= 11 is 7.13.